The van der Waals surface area contributed by atoms with E-state index in [1.807, 2.05) is 19.1 Å². The maximum absolute atomic E-state index is 13.0. The highest BCUT2D eigenvalue weighted by molar-refractivity contribution is 5.95. The number of aromatic nitrogens is 2. The quantitative estimate of drug-likeness (QED) is 0.611. The number of nitrogens with zero attached hydrogens (tertiary/aromatic N) is 3. The number of nitrogens with one attached hydrogen (secondary N) is 1. The van der Waals surface area contributed by atoms with Crippen LogP contribution in [0.25, 0.3) is 0 Å². The molecule has 0 unspecified atom stereocenters. The van der Waals surface area contributed by atoms with Crippen LogP contribution in [0.1, 0.15) is 41.6 Å². The number of aliphatic hydroxyl groups excluding tert-OH is 1. The van der Waals surface area contributed by atoms with Gasteiger partial charge in [0.25, 0.3) is 5.91 Å². The summed E-state index contributed by atoms with van der Waals surface area (Å²) in [5, 5.41) is 11.5. The number of carbonyl (C=O) groups excluding carboxylic acids is 1. The molecule has 0 aliphatic carbocycles. The van der Waals surface area contributed by atoms with E-state index in [9.17, 15) is 9.18 Å². The van der Waals surface area contributed by atoms with Crippen LogP contribution in [0.5, 0.6) is 5.75 Å². The molecule has 1 aliphatic heterocycles. The van der Waals surface area contributed by atoms with Gasteiger partial charge in [-0.2, -0.15) is 0 Å². The highest BCUT2D eigenvalue weighted by atomic mass is 19.1. The van der Waals surface area contributed by atoms with Gasteiger partial charge in [-0.15, -0.1) is 0 Å². The first-order valence-corrected chi connectivity index (χ1v) is 10.4. The molecule has 1 aromatic carbocycles. The van der Waals surface area contributed by atoms with Gasteiger partial charge < -0.3 is 20.1 Å². The van der Waals surface area contributed by atoms with Crippen molar-refractivity contribution >= 4 is 11.9 Å². The molecule has 2 N–H and O–H groups in total. The Hall–Kier alpha value is -2.74. The van der Waals surface area contributed by atoms with Crippen molar-refractivity contribution in [3.8, 4) is 5.75 Å². The number of anilines is 1. The van der Waals surface area contributed by atoms with Gasteiger partial charge >= 0.3 is 0 Å². The predicted octanol–water partition coefficient (Wildman–Crippen LogP) is 2.72. The lowest BCUT2D eigenvalue weighted by molar-refractivity contribution is 0.0944. The Morgan fingerprint density at radius 2 is 2.03 bits per heavy atom. The van der Waals surface area contributed by atoms with Gasteiger partial charge in [-0.25, -0.2) is 14.4 Å². The molecule has 2 aromatic rings. The summed E-state index contributed by atoms with van der Waals surface area (Å²) in [4.78, 5) is 22.2. The number of hydrogen-bond donors (Lipinski definition) is 2. The van der Waals surface area contributed by atoms with Crippen LogP contribution >= 0.6 is 0 Å². The smallest absolute Gasteiger partial charge is 0.251 e. The van der Waals surface area contributed by atoms with Gasteiger partial charge in [-0.3, -0.25) is 4.79 Å². The first kappa shape index (κ1) is 22.0. The molecule has 1 fully saturated rings. The third-order valence-electron chi connectivity index (χ3n) is 5.37. The lowest BCUT2D eigenvalue weighted by atomic mass is 9.92. The number of piperidine rings is 1. The number of ether oxygens (including phenoxy) is 1. The summed E-state index contributed by atoms with van der Waals surface area (Å²) >= 11 is 0. The average Bonchev–Trinajstić information content (AvgIpc) is 2.76. The molecule has 7 nitrogen and oxygen atoms in total. The van der Waals surface area contributed by atoms with Crippen molar-refractivity contribution in [2.75, 3.05) is 37.7 Å². The molecule has 0 radical (unpaired) electrons. The Kier molecular flexibility index (Phi) is 7.96. The fourth-order valence-corrected chi connectivity index (χ4v) is 3.70. The molecule has 8 heteroatoms. The molecule has 0 atom stereocenters. The number of benzene rings is 1. The second-order valence-corrected chi connectivity index (χ2v) is 7.58. The van der Waals surface area contributed by atoms with Crippen LogP contribution in [0, 0.1) is 18.7 Å². The number of aliphatic hydroxyl groups is 1. The monoisotopic (exact) mass is 416 g/mol. The lowest BCUT2D eigenvalue weighted by Gasteiger charge is -2.31. The van der Waals surface area contributed by atoms with Crippen molar-refractivity contribution in [2.24, 2.45) is 5.92 Å². The third kappa shape index (κ3) is 6.13. The van der Waals surface area contributed by atoms with E-state index < -0.39 is 5.82 Å². The van der Waals surface area contributed by atoms with Gasteiger partial charge in [0.05, 0.1) is 25.6 Å². The molecule has 30 heavy (non-hydrogen) atoms. The van der Waals surface area contributed by atoms with Crippen molar-refractivity contribution in [1.29, 1.82) is 0 Å². The van der Waals surface area contributed by atoms with Crippen molar-refractivity contribution in [2.45, 2.75) is 32.6 Å². The Balaban J connectivity index is 1.37. The van der Waals surface area contributed by atoms with E-state index in [1.165, 1.54) is 12.4 Å². The Morgan fingerprint density at radius 1 is 1.30 bits per heavy atom. The number of halogens is 1. The van der Waals surface area contributed by atoms with Crippen molar-refractivity contribution < 1.29 is 19.0 Å². The molecule has 0 saturated carbocycles. The zero-order valence-corrected chi connectivity index (χ0v) is 17.3. The van der Waals surface area contributed by atoms with E-state index in [1.54, 1.807) is 6.07 Å². The fourth-order valence-electron chi connectivity index (χ4n) is 3.70. The zero-order valence-electron chi connectivity index (χ0n) is 17.3. The molecular weight excluding hydrogens is 387 g/mol. The largest absolute Gasteiger partial charge is 0.494 e. The van der Waals surface area contributed by atoms with Crippen LogP contribution in [0.4, 0.5) is 10.3 Å². The minimum atomic E-state index is -0.413. The molecule has 1 amide bonds. The Morgan fingerprint density at radius 3 is 2.70 bits per heavy atom. The van der Waals surface area contributed by atoms with Crippen LogP contribution < -0.4 is 15.0 Å². The van der Waals surface area contributed by atoms with Gasteiger partial charge in [-0.1, -0.05) is 0 Å². The van der Waals surface area contributed by atoms with E-state index in [0.29, 0.717) is 24.0 Å². The van der Waals surface area contributed by atoms with Gasteiger partial charge in [0, 0.05) is 25.2 Å². The van der Waals surface area contributed by atoms with Crippen molar-refractivity contribution in [3.63, 3.8) is 0 Å². The Bertz CT molecular complexity index is 824. The number of aryl methyl sites for hydroxylation is 1. The van der Waals surface area contributed by atoms with E-state index in [0.717, 1.165) is 50.1 Å². The van der Waals surface area contributed by atoms with Gasteiger partial charge in [0.15, 0.2) is 5.82 Å². The lowest BCUT2D eigenvalue weighted by Crippen LogP contribution is -2.34. The summed E-state index contributed by atoms with van der Waals surface area (Å²) < 4.78 is 18.8. The van der Waals surface area contributed by atoms with Gasteiger partial charge in [-0.05, 0) is 62.3 Å². The molecule has 2 heterocycles. The molecule has 1 saturated heterocycles. The van der Waals surface area contributed by atoms with Gasteiger partial charge in [0.2, 0.25) is 5.95 Å². The first-order valence-electron chi connectivity index (χ1n) is 10.4. The van der Waals surface area contributed by atoms with Crippen LogP contribution in [0.15, 0.2) is 30.6 Å². The molecular formula is C22H29FN4O3. The molecule has 162 valence electrons. The minimum Gasteiger partial charge on any atom is -0.494 e. The van der Waals surface area contributed by atoms with Gasteiger partial charge in [0.1, 0.15) is 5.75 Å². The van der Waals surface area contributed by atoms with E-state index in [2.05, 4.69) is 20.2 Å². The SMILES string of the molecule is Cc1cc(OCCCC2CCN(c3ncc(F)cn3)CC2)ccc1C(=O)NCCO. The van der Waals surface area contributed by atoms with E-state index >= 15 is 0 Å². The molecule has 3 rings (SSSR count). The summed E-state index contributed by atoms with van der Waals surface area (Å²) in [7, 11) is 0. The van der Waals surface area contributed by atoms with Crippen molar-refractivity contribution in [1.82, 2.24) is 15.3 Å². The van der Waals surface area contributed by atoms with Crippen LogP contribution in [0.2, 0.25) is 0 Å². The van der Waals surface area contributed by atoms with E-state index in [-0.39, 0.29) is 19.1 Å². The molecule has 1 aromatic heterocycles. The summed E-state index contributed by atoms with van der Waals surface area (Å²) in [5.74, 6) is 1.40. The summed E-state index contributed by atoms with van der Waals surface area (Å²) in [6, 6.07) is 5.43. The van der Waals surface area contributed by atoms with Crippen LogP contribution in [-0.4, -0.2) is 53.8 Å². The van der Waals surface area contributed by atoms with Crippen LogP contribution in [0.3, 0.4) is 0 Å². The number of amides is 1. The first-order chi connectivity index (χ1) is 14.6. The van der Waals surface area contributed by atoms with E-state index in [4.69, 9.17) is 9.84 Å². The average molecular weight is 416 g/mol. The maximum atomic E-state index is 13.0. The third-order valence-corrected chi connectivity index (χ3v) is 5.37. The number of hydrogen-bond acceptors (Lipinski definition) is 6. The predicted molar refractivity (Wildman–Crippen MR) is 112 cm³/mol. The second kappa shape index (κ2) is 10.9. The highest BCUT2D eigenvalue weighted by Gasteiger charge is 2.20. The summed E-state index contributed by atoms with van der Waals surface area (Å²) in [6.07, 6.45) is 6.62. The summed E-state index contributed by atoms with van der Waals surface area (Å²) in [5.41, 5.74) is 1.44. The standard InChI is InChI=1S/C22H29FN4O3/c1-16-13-19(4-5-20(16)21(29)24-8-11-28)30-12-2-3-17-6-9-27(10-7-17)22-25-14-18(23)15-26-22/h4-5,13-15,17,28H,2-3,6-12H2,1H3,(H,24,29). The maximum Gasteiger partial charge on any atom is 0.251 e. The van der Waals surface area contributed by atoms with Crippen LogP contribution in [-0.2, 0) is 0 Å². The second-order valence-electron chi connectivity index (χ2n) is 7.58. The zero-order chi connectivity index (χ0) is 21.3. The normalized spacial score (nSPS) is 14.6. The topological polar surface area (TPSA) is 87.6 Å². The van der Waals surface area contributed by atoms with Crippen molar-refractivity contribution in [3.05, 3.63) is 47.5 Å². The fraction of sp³-hybridized carbons (Fsp3) is 0.500. The highest BCUT2D eigenvalue weighted by Crippen LogP contribution is 2.24. The minimum absolute atomic E-state index is 0.0783. The molecule has 0 spiro atoms. The summed E-state index contributed by atoms with van der Waals surface area (Å²) in [6.45, 7) is 4.44. The molecule has 0 bridgehead atoms. The Labute approximate surface area is 176 Å². The number of rotatable bonds is 9. The molecule has 1 aliphatic rings. The number of carbonyl (C=O) groups is 1.